The number of fused-ring (bicyclic) bond motifs is 1. The molecule has 2 N–H and O–H groups in total. The van der Waals surface area contributed by atoms with E-state index in [2.05, 4.69) is 10.6 Å². The molecule has 2 unspecified atom stereocenters. The van der Waals surface area contributed by atoms with Crippen LogP contribution in [0.5, 0.6) is 11.5 Å². The van der Waals surface area contributed by atoms with Crippen LogP contribution in [0.3, 0.4) is 0 Å². The van der Waals surface area contributed by atoms with Crippen LogP contribution in [0.1, 0.15) is 6.42 Å². The molecule has 26 heavy (non-hydrogen) atoms. The Bertz CT molecular complexity index is 905. The number of anilines is 2. The lowest BCUT2D eigenvalue weighted by Crippen LogP contribution is -2.20. The molecule has 2 amide bonds. The van der Waals surface area contributed by atoms with Crippen LogP contribution in [0.4, 0.5) is 15.8 Å². The van der Waals surface area contributed by atoms with E-state index in [-0.39, 0.29) is 23.6 Å². The van der Waals surface area contributed by atoms with E-state index in [1.54, 1.807) is 18.2 Å². The van der Waals surface area contributed by atoms with Crippen molar-refractivity contribution in [1.82, 2.24) is 0 Å². The number of rotatable bonds is 4. The average Bonchev–Trinajstić information content (AvgIpc) is 3.29. The molecule has 2 aliphatic rings. The van der Waals surface area contributed by atoms with Gasteiger partial charge in [-0.1, -0.05) is 11.6 Å². The lowest BCUT2D eigenvalue weighted by molar-refractivity contribution is -0.122. The molecule has 0 aromatic heterocycles. The van der Waals surface area contributed by atoms with E-state index in [4.69, 9.17) is 21.1 Å². The third kappa shape index (κ3) is 3.30. The van der Waals surface area contributed by atoms with E-state index in [1.807, 2.05) is 0 Å². The Kier molecular flexibility index (Phi) is 4.16. The minimum Gasteiger partial charge on any atom is -0.454 e. The highest BCUT2D eigenvalue weighted by atomic mass is 35.5. The summed E-state index contributed by atoms with van der Waals surface area (Å²) in [6, 6.07) is 9.03. The van der Waals surface area contributed by atoms with Crippen molar-refractivity contribution in [1.29, 1.82) is 0 Å². The van der Waals surface area contributed by atoms with Crippen molar-refractivity contribution in [2.24, 2.45) is 11.8 Å². The first-order valence-corrected chi connectivity index (χ1v) is 8.35. The Morgan fingerprint density at radius 3 is 2.27 bits per heavy atom. The first-order valence-electron chi connectivity index (χ1n) is 7.98. The van der Waals surface area contributed by atoms with Crippen molar-refractivity contribution in [2.75, 3.05) is 17.4 Å². The van der Waals surface area contributed by atoms with Gasteiger partial charge in [-0.2, -0.15) is 0 Å². The lowest BCUT2D eigenvalue weighted by atomic mass is 10.2. The summed E-state index contributed by atoms with van der Waals surface area (Å²) < 4.78 is 23.6. The average molecular weight is 377 g/mol. The van der Waals surface area contributed by atoms with Crippen LogP contribution in [0.2, 0.25) is 5.02 Å². The van der Waals surface area contributed by atoms with Crippen LogP contribution in [0.15, 0.2) is 36.4 Å². The maximum absolute atomic E-state index is 13.2. The van der Waals surface area contributed by atoms with Gasteiger partial charge in [0.15, 0.2) is 11.5 Å². The second kappa shape index (κ2) is 6.49. The van der Waals surface area contributed by atoms with Gasteiger partial charge in [0.05, 0.1) is 16.9 Å². The van der Waals surface area contributed by atoms with Gasteiger partial charge < -0.3 is 20.1 Å². The highest BCUT2D eigenvalue weighted by Crippen LogP contribution is 2.41. The maximum atomic E-state index is 13.2. The van der Waals surface area contributed by atoms with Crippen molar-refractivity contribution in [2.45, 2.75) is 6.42 Å². The van der Waals surface area contributed by atoms with E-state index in [1.165, 1.54) is 18.2 Å². The fourth-order valence-corrected chi connectivity index (χ4v) is 2.97. The topological polar surface area (TPSA) is 76.7 Å². The minimum absolute atomic E-state index is 0.0734. The van der Waals surface area contributed by atoms with Crippen LogP contribution in [-0.2, 0) is 9.59 Å². The van der Waals surface area contributed by atoms with Crippen molar-refractivity contribution < 1.29 is 23.5 Å². The van der Waals surface area contributed by atoms with Gasteiger partial charge in [-0.15, -0.1) is 0 Å². The smallest absolute Gasteiger partial charge is 0.231 e. The minimum atomic E-state index is -0.558. The van der Waals surface area contributed by atoms with Crippen LogP contribution >= 0.6 is 11.6 Å². The van der Waals surface area contributed by atoms with Crippen molar-refractivity contribution >= 4 is 34.8 Å². The van der Waals surface area contributed by atoms with E-state index in [0.717, 1.165) is 0 Å². The summed E-state index contributed by atoms with van der Waals surface area (Å²) in [4.78, 5) is 24.5. The second-order valence-electron chi connectivity index (χ2n) is 6.12. The van der Waals surface area contributed by atoms with Gasteiger partial charge in [0.2, 0.25) is 18.6 Å². The molecule has 0 saturated heterocycles. The van der Waals surface area contributed by atoms with Crippen LogP contribution < -0.4 is 20.1 Å². The van der Waals surface area contributed by atoms with E-state index >= 15 is 0 Å². The van der Waals surface area contributed by atoms with Gasteiger partial charge in [-0.3, -0.25) is 9.59 Å². The van der Waals surface area contributed by atoms with Crippen LogP contribution in [0, 0.1) is 17.7 Å². The summed E-state index contributed by atoms with van der Waals surface area (Å²) in [6.07, 6.45) is 0.456. The molecule has 1 aliphatic carbocycles. The third-order valence-corrected chi connectivity index (χ3v) is 4.58. The first-order chi connectivity index (χ1) is 12.5. The van der Waals surface area contributed by atoms with Crippen LogP contribution in [0.25, 0.3) is 0 Å². The zero-order chi connectivity index (χ0) is 18.3. The molecule has 2 atom stereocenters. The molecule has 1 aliphatic heterocycles. The monoisotopic (exact) mass is 376 g/mol. The maximum Gasteiger partial charge on any atom is 0.231 e. The molecule has 1 saturated carbocycles. The van der Waals surface area contributed by atoms with Gasteiger partial charge in [0.1, 0.15) is 5.82 Å². The number of hydrogen-bond donors (Lipinski definition) is 2. The van der Waals surface area contributed by atoms with E-state index in [0.29, 0.717) is 29.3 Å². The van der Waals surface area contributed by atoms with Gasteiger partial charge in [0, 0.05) is 17.4 Å². The Balaban J connectivity index is 1.34. The standard InChI is InChI=1S/C18H14ClFN2O4/c19-13-5-9(1-3-14(13)20)21-17(23)11-7-12(11)18(24)22-10-2-4-15-16(6-10)26-8-25-15/h1-6,11-12H,7-8H2,(H,21,23)(H,22,24). The van der Waals surface area contributed by atoms with E-state index in [9.17, 15) is 14.0 Å². The largest absolute Gasteiger partial charge is 0.454 e. The zero-order valence-electron chi connectivity index (χ0n) is 13.4. The summed E-state index contributed by atoms with van der Waals surface area (Å²) in [6.45, 7) is 0.158. The number of carbonyl (C=O) groups excluding carboxylic acids is 2. The van der Waals surface area contributed by atoms with Crippen molar-refractivity contribution in [3.8, 4) is 11.5 Å². The Morgan fingerprint density at radius 1 is 0.962 bits per heavy atom. The highest BCUT2D eigenvalue weighted by molar-refractivity contribution is 6.31. The molecule has 1 fully saturated rings. The quantitative estimate of drug-likeness (QED) is 0.857. The number of hydrogen-bond acceptors (Lipinski definition) is 4. The molecule has 6 nitrogen and oxygen atoms in total. The van der Waals surface area contributed by atoms with Crippen LogP contribution in [-0.4, -0.2) is 18.6 Å². The molecule has 2 aromatic carbocycles. The van der Waals surface area contributed by atoms with Gasteiger partial charge in [-0.25, -0.2) is 4.39 Å². The highest BCUT2D eigenvalue weighted by Gasteiger charge is 2.48. The molecule has 0 bridgehead atoms. The number of ether oxygens (including phenoxy) is 2. The first kappa shape index (κ1) is 16.7. The Labute approximate surface area is 153 Å². The zero-order valence-corrected chi connectivity index (χ0v) is 14.2. The lowest BCUT2D eigenvalue weighted by Gasteiger charge is -2.07. The molecule has 1 heterocycles. The Morgan fingerprint density at radius 2 is 1.58 bits per heavy atom. The molecular formula is C18H14ClFN2O4. The molecule has 0 radical (unpaired) electrons. The number of benzene rings is 2. The van der Waals surface area contributed by atoms with Gasteiger partial charge in [-0.05, 0) is 36.8 Å². The number of halogens is 2. The Hall–Kier alpha value is -2.80. The summed E-state index contributed by atoms with van der Waals surface area (Å²) >= 11 is 5.69. The third-order valence-electron chi connectivity index (χ3n) is 4.29. The summed E-state index contributed by atoms with van der Waals surface area (Å²) in [5.41, 5.74) is 0.971. The number of carbonyl (C=O) groups is 2. The molecule has 2 aromatic rings. The summed E-state index contributed by atoms with van der Waals surface area (Å²) in [7, 11) is 0. The normalized spacial score (nSPS) is 19.8. The SMILES string of the molecule is O=C(Nc1ccc(F)c(Cl)c1)C1CC1C(=O)Nc1ccc2c(c1)OCO2. The van der Waals surface area contributed by atoms with Gasteiger partial charge >= 0.3 is 0 Å². The molecule has 134 valence electrons. The van der Waals surface area contributed by atoms with E-state index < -0.39 is 17.7 Å². The number of nitrogens with one attached hydrogen (secondary N) is 2. The van der Waals surface area contributed by atoms with Crippen molar-refractivity contribution in [3.05, 3.63) is 47.2 Å². The predicted octanol–water partition coefficient (Wildman–Crippen LogP) is 3.42. The molecule has 4 rings (SSSR count). The molecular weight excluding hydrogens is 363 g/mol. The molecule has 0 spiro atoms. The summed E-state index contributed by atoms with van der Waals surface area (Å²) in [5, 5.41) is 5.35. The predicted molar refractivity (Wildman–Crippen MR) is 92.8 cm³/mol. The number of amides is 2. The molecule has 8 heteroatoms. The summed E-state index contributed by atoms with van der Waals surface area (Å²) in [5.74, 6) is -0.716. The fourth-order valence-electron chi connectivity index (χ4n) is 2.79. The second-order valence-corrected chi connectivity index (χ2v) is 6.53. The van der Waals surface area contributed by atoms with Crippen molar-refractivity contribution in [3.63, 3.8) is 0 Å². The van der Waals surface area contributed by atoms with Gasteiger partial charge in [0.25, 0.3) is 0 Å². The fraction of sp³-hybridized carbons (Fsp3) is 0.222.